The zero-order valence-corrected chi connectivity index (χ0v) is 15.0. The Labute approximate surface area is 146 Å². The number of aryl methyl sites for hydroxylation is 1. The van der Waals surface area contributed by atoms with Gasteiger partial charge in [0.1, 0.15) is 6.23 Å². The van der Waals surface area contributed by atoms with Gasteiger partial charge < -0.3 is 10.2 Å². The molecular weight excluding hydrogens is 320 g/mol. The van der Waals surface area contributed by atoms with E-state index in [2.05, 4.69) is 34.6 Å². The molecule has 1 aliphatic rings. The Bertz CT molecular complexity index is 723. The summed E-state index contributed by atoms with van der Waals surface area (Å²) in [6.07, 6.45) is 1.31. The minimum atomic E-state index is -0.656. The number of nitrogens with zero attached hydrogens (tertiary/aromatic N) is 1. The van der Waals surface area contributed by atoms with Gasteiger partial charge in [0.2, 0.25) is 0 Å². The van der Waals surface area contributed by atoms with Crippen LogP contribution in [0.3, 0.4) is 0 Å². The number of aliphatic hydroxyl groups excluding tert-OH is 2. The predicted molar refractivity (Wildman–Crippen MR) is 97.7 cm³/mol. The van der Waals surface area contributed by atoms with Crippen LogP contribution < -0.4 is 5.32 Å². The van der Waals surface area contributed by atoms with E-state index < -0.39 is 12.3 Å². The fourth-order valence-electron chi connectivity index (χ4n) is 3.29. The van der Waals surface area contributed by atoms with Crippen molar-refractivity contribution in [3.63, 3.8) is 0 Å². The summed E-state index contributed by atoms with van der Waals surface area (Å²) in [6.45, 7) is 6.02. The Morgan fingerprint density at radius 2 is 1.96 bits per heavy atom. The Hall–Kier alpha value is -1.53. The number of benzene rings is 1. The number of hydrogen-bond donors (Lipinski definition) is 3. The first-order chi connectivity index (χ1) is 11.5. The average molecular weight is 344 g/mol. The first-order valence-electron chi connectivity index (χ1n) is 8.26. The van der Waals surface area contributed by atoms with Crippen LogP contribution in [0.25, 0.3) is 10.4 Å². The molecule has 3 rings (SSSR count). The van der Waals surface area contributed by atoms with E-state index in [-0.39, 0.29) is 12.0 Å². The molecule has 0 fully saturated rings. The second-order valence-electron chi connectivity index (χ2n) is 6.54. The summed E-state index contributed by atoms with van der Waals surface area (Å²) >= 11 is 1.65. The van der Waals surface area contributed by atoms with Gasteiger partial charge in [0.05, 0.1) is 22.2 Å². The molecule has 0 amide bonds. The molecule has 4 atom stereocenters. The van der Waals surface area contributed by atoms with Gasteiger partial charge in [-0.15, -0.1) is 11.3 Å². The molecule has 5 heteroatoms. The van der Waals surface area contributed by atoms with E-state index >= 15 is 0 Å². The summed E-state index contributed by atoms with van der Waals surface area (Å²) in [6, 6.07) is 8.41. The fourth-order valence-corrected chi connectivity index (χ4v) is 4.10. The van der Waals surface area contributed by atoms with Gasteiger partial charge in [-0.1, -0.05) is 35.9 Å². The molecule has 0 aliphatic heterocycles. The quantitative estimate of drug-likeness (QED) is 0.574. The fraction of sp³-hybridized carbons (Fsp3) is 0.421. The molecule has 1 aromatic heterocycles. The summed E-state index contributed by atoms with van der Waals surface area (Å²) < 4.78 is 0. The topological polar surface area (TPSA) is 65.4 Å². The number of rotatable bonds is 5. The van der Waals surface area contributed by atoms with Crippen LogP contribution in [0.5, 0.6) is 0 Å². The van der Waals surface area contributed by atoms with Gasteiger partial charge in [0.25, 0.3) is 0 Å². The van der Waals surface area contributed by atoms with Gasteiger partial charge in [-0.25, -0.2) is 4.98 Å². The third-order valence-electron chi connectivity index (χ3n) is 4.76. The summed E-state index contributed by atoms with van der Waals surface area (Å²) in [5.41, 5.74) is 6.26. The van der Waals surface area contributed by atoms with Crippen LogP contribution in [0.1, 0.15) is 37.6 Å². The third-order valence-corrected chi connectivity index (χ3v) is 5.73. The van der Waals surface area contributed by atoms with Crippen molar-refractivity contribution in [2.75, 3.05) is 0 Å². The predicted octanol–water partition coefficient (Wildman–Crippen LogP) is 3.41. The molecule has 0 bridgehead atoms. The van der Waals surface area contributed by atoms with E-state index in [0.717, 1.165) is 16.8 Å². The maximum atomic E-state index is 10.4. The second-order valence-corrected chi connectivity index (χ2v) is 7.40. The van der Waals surface area contributed by atoms with Crippen LogP contribution in [0.2, 0.25) is 0 Å². The van der Waals surface area contributed by atoms with Crippen LogP contribution in [-0.4, -0.2) is 27.5 Å². The lowest BCUT2D eigenvalue weighted by Gasteiger charge is -2.25. The molecule has 2 aromatic rings. The lowest BCUT2D eigenvalue weighted by molar-refractivity contribution is 0.0662. The van der Waals surface area contributed by atoms with Gasteiger partial charge in [0, 0.05) is 12.0 Å². The molecule has 0 radical (unpaired) electrons. The van der Waals surface area contributed by atoms with Gasteiger partial charge in [-0.3, -0.25) is 5.32 Å². The average Bonchev–Trinajstić information content (AvgIpc) is 3.12. The van der Waals surface area contributed by atoms with E-state index in [9.17, 15) is 10.2 Å². The van der Waals surface area contributed by atoms with Gasteiger partial charge in [-0.2, -0.15) is 0 Å². The van der Waals surface area contributed by atoms with Crippen molar-refractivity contribution in [2.45, 2.75) is 45.6 Å². The molecule has 1 aliphatic carbocycles. The van der Waals surface area contributed by atoms with Crippen molar-refractivity contribution in [1.82, 2.24) is 10.3 Å². The van der Waals surface area contributed by atoms with E-state index in [4.69, 9.17) is 0 Å². The maximum absolute atomic E-state index is 10.4. The molecule has 1 unspecified atom stereocenters. The highest BCUT2D eigenvalue weighted by atomic mass is 32.1. The lowest BCUT2D eigenvalue weighted by Crippen LogP contribution is -2.37. The molecule has 0 saturated carbocycles. The first-order valence-corrected chi connectivity index (χ1v) is 9.14. The SMILES string of the molecule is CC1=C[C@H](O)C[C@H]1C(O)N[C@@H](C)c1ccc(-c2scnc2C)cc1. The number of aromatic nitrogens is 1. The molecular formula is C19H24N2O2S. The number of nitrogens with one attached hydrogen (secondary N) is 1. The van der Waals surface area contributed by atoms with Crippen LogP contribution in [0, 0.1) is 12.8 Å². The smallest absolute Gasteiger partial charge is 0.112 e. The normalized spacial score (nSPS) is 23.1. The van der Waals surface area contributed by atoms with E-state index in [1.54, 1.807) is 11.3 Å². The van der Waals surface area contributed by atoms with Gasteiger partial charge in [0.15, 0.2) is 0 Å². The number of hydrogen-bond acceptors (Lipinski definition) is 5. The van der Waals surface area contributed by atoms with Crippen molar-refractivity contribution in [3.05, 3.63) is 52.7 Å². The standard InChI is InChI=1S/C19H24N2O2S/c1-11-8-16(22)9-17(11)19(23)21-12(2)14-4-6-15(7-5-14)18-13(3)20-10-24-18/h4-8,10,12,16-17,19,21-23H,9H2,1-3H3/t12-,16-,17+,19?/m0/s1. The van der Waals surface area contributed by atoms with E-state index in [0.29, 0.717) is 6.42 Å². The molecule has 0 saturated heterocycles. The highest BCUT2D eigenvalue weighted by molar-refractivity contribution is 7.13. The number of thiazole rings is 1. The Morgan fingerprint density at radius 3 is 2.50 bits per heavy atom. The van der Waals surface area contributed by atoms with E-state index in [1.807, 2.05) is 32.4 Å². The zero-order chi connectivity index (χ0) is 17.3. The first kappa shape index (κ1) is 17.3. The Kier molecular flexibility index (Phi) is 5.15. The van der Waals surface area contributed by atoms with Crippen LogP contribution in [-0.2, 0) is 0 Å². The molecule has 1 heterocycles. The monoisotopic (exact) mass is 344 g/mol. The second kappa shape index (κ2) is 7.15. The Morgan fingerprint density at radius 1 is 1.25 bits per heavy atom. The number of aliphatic hydroxyl groups is 2. The molecule has 128 valence electrons. The van der Waals surface area contributed by atoms with Gasteiger partial charge in [-0.05, 0) is 38.3 Å². The van der Waals surface area contributed by atoms with Crippen LogP contribution >= 0.6 is 11.3 Å². The highest BCUT2D eigenvalue weighted by Crippen LogP contribution is 2.30. The zero-order valence-electron chi connectivity index (χ0n) is 14.2. The van der Waals surface area contributed by atoms with Crippen molar-refractivity contribution in [2.24, 2.45) is 5.92 Å². The van der Waals surface area contributed by atoms with Crippen molar-refractivity contribution in [3.8, 4) is 10.4 Å². The minimum absolute atomic E-state index is 0.0263. The Balaban J connectivity index is 1.66. The summed E-state index contributed by atoms with van der Waals surface area (Å²) in [4.78, 5) is 5.49. The molecule has 1 aromatic carbocycles. The largest absolute Gasteiger partial charge is 0.389 e. The van der Waals surface area contributed by atoms with Crippen molar-refractivity contribution >= 4 is 11.3 Å². The lowest BCUT2D eigenvalue weighted by atomic mass is 9.98. The van der Waals surface area contributed by atoms with Crippen molar-refractivity contribution < 1.29 is 10.2 Å². The molecule has 3 N–H and O–H groups in total. The summed E-state index contributed by atoms with van der Waals surface area (Å²) in [7, 11) is 0. The van der Waals surface area contributed by atoms with E-state index in [1.165, 1.54) is 10.4 Å². The third kappa shape index (κ3) is 3.59. The van der Waals surface area contributed by atoms with Gasteiger partial charge >= 0.3 is 0 Å². The molecule has 0 spiro atoms. The molecule has 4 nitrogen and oxygen atoms in total. The van der Waals surface area contributed by atoms with Crippen molar-refractivity contribution in [1.29, 1.82) is 0 Å². The highest BCUT2D eigenvalue weighted by Gasteiger charge is 2.29. The maximum Gasteiger partial charge on any atom is 0.112 e. The summed E-state index contributed by atoms with van der Waals surface area (Å²) in [5, 5.41) is 23.4. The van der Waals surface area contributed by atoms with Crippen LogP contribution in [0.4, 0.5) is 0 Å². The minimum Gasteiger partial charge on any atom is -0.389 e. The summed E-state index contributed by atoms with van der Waals surface area (Å²) in [5.74, 6) is -0.0263. The molecule has 24 heavy (non-hydrogen) atoms. The van der Waals surface area contributed by atoms with Crippen LogP contribution in [0.15, 0.2) is 41.4 Å².